The van der Waals surface area contributed by atoms with Gasteiger partial charge in [-0.2, -0.15) is 0 Å². The molecule has 0 saturated heterocycles. The molecule has 1 amide bonds. The van der Waals surface area contributed by atoms with E-state index in [9.17, 15) is 4.79 Å². The van der Waals surface area contributed by atoms with E-state index in [4.69, 9.17) is 5.73 Å². The van der Waals surface area contributed by atoms with E-state index in [-0.39, 0.29) is 12.1 Å². The third kappa shape index (κ3) is 2.87. The predicted molar refractivity (Wildman–Crippen MR) is 62.6 cm³/mol. The number of carbonyl (C=O) groups is 1. The van der Waals surface area contributed by atoms with E-state index in [0.717, 1.165) is 11.4 Å². The lowest BCUT2D eigenvalue weighted by atomic mass is 10.3. The smallest absolute Gasteiger partial charge is 0.221 e. The molecule has 0 radical (unpaired) electrons. The van der Waals surface area contributed by atoms with E-state index < -0.39 is 0 Å². The first-order valence-corrected chi connectivity index (χ1v) is 5.16. The van der Waals surface area contributed by atoms with Crippen molar-refractivity contribution in [3.05, 3.63) is 24.3 Å². The van der Waals surface area contributed by atoms with Crippen molar-refractivity contribution in [3.8, 4) is 0 Å². The van der Waals surface area contributed by atoms with Gasteiger partial charge in [-0.1, -0.05) is 26.0 Å². The lowest BCUT2D eigenvalue weighted by Crippen LogP contribution is -2.28. The lowest BCUT2D eigenvalue weighted by molar-refractivity contribution is -0.118. The van der Waals surface area contributed by atoms with Gasteiger partial charge in [0, 0.05) is 0 Å². The maximum absolute atomic E-state index is 10.6. The van der Waals surface area contributed by atoms with Crippen LogP contribution in [0.15, 0.2) is 24.3 Å². The third-order valence-electron chi connectivity index (χ3n) is 1.99. The van der Waals surface area contributed by atoms with Gasteiger partial charge in [0.25, 0.3) is 0 Å². The van der Waals surface area contributed by atoms with Crippen molar-refractivity contribution in [1.29, 1.82) is 0 Å². The molecular formula is C11H17N3O. The normalized spacial score (nSPS) is 12.9. The van der Waals surface area contributed by atoms with Gasteiger partial charge < -0.3 is 16.4 Å². The van der Waals surface area contributed by atoms with Gasteiger partial charge >= 0.3 is 0 Å². The maximum atomic E-state index is 10.6. The summed E-state index contributed by atoms with van der Waals surface area (Å²) in [5.74, 6) is -0.308. The van der Waals surface area contributed by atoms with Gasteiger partial charge in [-0.25, -0.2) is 0 Å². The number of anilines is 2. The van der Waals surface area contributed by atoms with E-state index >= 15 is 0 Å². The number of primary amides is 1. The van der Waals surface area contributed by atoms with Crippen LogP contribution >= 0.6 is 0 Å². The number of benzene rings is 1. The SMILES string of the molecule is CC.NC(=O)CC1Nc2ccccc2N1. The number of fused-ring (bicyclic) bond motifs is 1. The number of carbonyl (C=O) groups excluding carboxylic acids is 1. The number of para-hydroxylation sites is 2. The fraction of sp³-hybridized carbons (Fsp3) is 0.364. The van der Waals surface area contributed by atoms with E-state index in [2.05, 4.69) is 10.6 Å². The van der Waals surface area contributed by atoms with Crippen LogP contribution in [-0.4, -0.2) is 12.1 Å². The fourth-order valence-corrected chi connectivity index (χ4v) is 1.45. The zero-order valence-electron chi connectivity index (χ0n) is 9.08. The molecular weight excluding hydrogens is 190 g/mol. The van der Waals surface area contributed by atoms with Crippen molar-refractivity contribution >= 4 is 17.3 Å². The summed E-state index contributed by atoms with van der Waals surface area (Å²) in [5.41, 5.74) is 7.13. The first-order chi connectivity index (χ1) is 7.25. The highest BCUT2D eigenvalue weighted by atomic mass is 16.1. The van der Waals surface area contributed by atoms with Crippen LogP contribution in [0.5, 0.6) is 0 Å². The van der Waals surface area contributed by atoms with Crippen molar-refractivity contribution in [2.24, 2.45) is 5.73 Å². The van der Waals surface area contributed by atoms with Crippen LogP contribution in [0.4, 0.5) is 11.4 Å². The Kier molecular flexibility index (Phi) is 3.97. The minimum Gasteiger partial charge on any atom is -0.370 e. The number of nitrogens with two attached hydrogens (primary N) is 1. The van der Waals surface area contributed by atoms with E-state index in [1.165, 1.54) is 0 Å². The standard InChI is InChI=1S/C9H11N3O.C2H6/c10-8(13)5-9-11-6-3-1-2-4-7(6)12-9;1-2/h1-4,9,11-12H,5H2,(H2,10,13);1-2H3. The molecule has 1 aliphatic rings. The van der Waals surface area contributed by atoms with Crippen LogP contribution < -0.4 is 16.4 Å². The Morgan fingerprint density at radius 1 is 1.27 bits per heavy atom. The highest BCUT2D eigenvalue weighted by Gasteiger charge is 2.19. The second-order valence-corrected chi connectivity index (χ2v) is 3.06. The van der Waals surface area contributed by atoms with Crippen molar-refractivity contribution in [2.45, 2.75) is 26.4 Å². The molecule has 0 fully saturated rings. The monoisotopic (exact) mass is 207 g/mol. The number of hydrogen-bond acceptors (Lipinski definition) is 3. The maximum Gasteiger partial charge on any atom is 0.221 e. The molecule has 0 aliphatic carbocycles. The lowest BCUT2D eigenvalue weighted by Gasteiger charge is -2.08. The summed E-state index contributed by atoms with van der Waals surface area (Å²) in [7, 11) is 0. The highest BCUT2D eigenvalue weighted by molar-refractivity contribution is 5.80. The summed E-state index contributed by atoms with van der Waals surface area (Å²) >= 11 is 0. The van der Waals surface area contributed by atoms with Crippen molar-refractivity contribution in [3.63, 3.8) is 0 Å². The van der Waals surface area contributed by atoms with Crippen LogP contribution in [0.3, 0.4) is 0 Å². The topological polar surface area (TPSA) is 67.2 Å². The van der Waals surface area contributed by atoms with Gasteiger partial charge in [-0.05, 0) is 12.1 Å². The number of rotatable bonds is 2. The molecule has 1 aromatic carbocycles. The molecule has 2 rings (SSSR count). The third-order valence-corrected chi connectivity index (χ3v) is 1.99. The Morgan fingerprint density at radius 2 is 1.73 bits per heavy atom. The Labute approximate surface area is 89.9 Å². The quantitative estimate of drug-likeness (QED) is 0.692. The Morgan fingerprint density at radius 3 is 2.13 bits per heavy atom. The van der Waals surface area contributed by atoms with Crippen LogP contribution in [-0.2, 0) is 4.79 Å². The van der Waals surface area contributed by atoms with Gasteiger partial charge in [0.05, 0.1) is 17.8 Å². The first-order valence-electron chi connectivity index (χ1n) is 5.16. The van der Waals surface area contributed by atoms with Gasteiger partial charge in [0.15, 0.2) is 0 Å². The number of amides is 1. The molecule has 4 N–H and O–H groups in total. The van der Waals surface area contributed by atoms with Crippen molar-refractivity contribution in [1.82, 2.24) is 0 Å². The van der Waals surface area contributed by atoms with Crippen LogP contribution in [0.2, 0.25) is 0 Å². The van der Waals surface area contributed by atoms with Gasteiger partial charge in [0.2, 0.25) is 5.91 Å². The Bertz CT molecular complexity index is 313. The van der Waals surface area contributed by atoms with Crippen molar-refractivity contribution in [2.75, 3.05) is 10.6 Å². The van der Waals surface area contributed by atoms with Gasteiger partial charge in [0.1, 0.15) is 6.17 Å². The zero-order valence-corrected chi connectivity index (χ0v) is 9.08. The van der Waals surface area contributed by atoms with Gasteiger partial charge in [-0.15, -0.1) is 0 Å². The molecule has 0 saturated carbocycles. The van der Waals surface area contributed by atoms with Crippen LogP contribution in [0.1, 0.15) is 20.3 Å². The molecule has 82 valence electrons. The summed E-state index contributed by atoms with van der Waals surface area (Å²) in [5, 5.41) is 6.31. The van der Waals surface area contributed by atoms with Crippen molar-refractivity contribution < 1.29 is 4.79 Å². The van der Waals surface area contributed by atoms with Crippen LogP contribution in [0.25, 0.3) is 0 Å². The molecule has 0 aromatic heterocycles. The average molecular weight is 207 g/mol. The minimum atomic E-state index is -0.308. The predicted octanol–water partition coefficient (Wildman–Crippen LogP) is 1.75. The summed E-state index contributed by atoms with van der Waals surface area (Å²) in [4.78, 5) is 10.6. The zero-order chi connectivity index (χ0) is 11.3. The molecule has 0 atom stereocenters. The molecule has 1 heterocycles. The largest absolute Gasteiger partial charge is 0.370 e. The second-order valence-electron chi connectivity index (χ2n) is 3.06. The van der Waals surface area contributed by atoms with E-state index in [1.54, 1.807) is 0 Å². The summed E-state index contributed by atoms with van der Waals surface area (Å²) in [6.45, 7) is 4.00. The Hall–Kier alpha value is -1.71. The molecule has 0 spiro atoms. The number of hydrogen-bond donors (Lipinski definition) is 3. The van der Waals surface area contributed by atoms with E-state index in [0.29, 0.717) is 6.42 Å². The second kappa shape index (κ2) is 5.24. The molecule has 0 unspecified atom stereocenters. The average Bonchev–Trinajstić information content (AvgIpc) is 2.61. The first kappa shape index (κ1) is 11.4. The molecule has 4 nitrogen and oxygen atoms in total. The molecule has 1 aliphatic heterocycles. The molecule has 1 aromatic rings. The number of nitrogens with one attached hydrogen (secondary N) is 2. The summed E-state index contributed by atoms with van der Waals surface area (Å²) < 4.78 is 0. The minimum absolute atomic E-state index is 0.0603. The fourth-order valence-electron chi connectivity index (χ4n) is 1.45. The van der Waals surface area contributed by atoms with Gasteiger partial charge in [-0.3, -0.25) is 4.79 Å². The molecule has 15 heavy (non-hydrogen) atoms. The summed E-state index contributed by atoms with van der Waals surface area (Å²) in [6, 6.07) is 7.81. The van der Waals surface area contributed by atoms with Crippen LogP contribution in [0, 0.1) is 0 Å². The highest BCUT2D eigenvalue weighted by Crippen LogP contribution is 2.28. The Balaban J connectivity index is 0.000000531. The molecule has 4 heteroatoms. The summed E-state index contributed by atoms with van der Waals surface area (Å²) in [6.07, 6.45) is 0.240. The van der Waals surface area contributed by atoms with E-state index in [1.807, 2.05) is 38.1 Å². The molecule has 0 bridgehead atoms.